The summed E-state index contributed by atoms with van der Waals surface area (Å²) in [6.45, 7) is 9.42. The average Bonchev–Trinajstić information content (AvgIpc) is 3.17. The van der Waals surface area contributed by atoms with Gasteiger partial charge in [0.05, 0.1) is 12.8 Å². The molecule has 0 fully saturated rings. The molecule has 1 aromatic carbocycles. The average molecular weight is 473 g/mol. The molecule has 33 heavy (non-hydrogen) atoms. The number of anilines is 1. The first-order chi connectivity index (χ1) is 15.4. The lowest BCUT2D eigenvalue weighted by atomic mass is 9.92. The first kappa shape index (κ1) is 24.3. The van der Waals surface area contributed by atoms with Crippen molar-refractivity contribution in [3.63, 3.8) is 0 Å². The van der Waals surface area contributed by atoms with Crippen LogP contribution in [0.15, 0.2) is 47.6 Å². The summed E-state index contributed by atoms with van der Waals surface area (Å²) < 4.78 is 34.7. The molecule has 176 valence electrons. The fourth-order valence-corrected chi connectivity index (χ4v) is 4.43. The van der Waals surface area contributed by atoms with Gasteiger partial charge < -0.3 is 10.1 Å². The minimum atomic E-state index is -3.89. The van der Waals surface area contributed by atoms with E-state index in [0.717, 1.165) is 5.69 Å². The van der Waals surface area contributed by atoms with Crippen LogP contribution >= 0.6 is 0 Å². The third kappa shape index (κ3) is 5.55. The monoisotopic (exact) mass is 472 g/mol. The van der Waals surface area contributed by atoms with E-state index in [2.05, 4.69) is 25.1 Å². The van der Waals surface area contributed by atoms with Crippen LogP contribution in [-0.4, -0.2) is 47.2 Å². The van der Waals surface area contributed by atoms with Crippen molar-refractivity contribution in [1.82, 2.24) is 24.5 Å². The van der Waals surface area contributed by atoms with Crippen molar-refractivity contribution in [2.24, 2.45) is 0 Å². The third-order valence-electron chi connectivity index (χ3n) is 4.57. The number of nitrogens with one attached hydrogen (secondary N) is 2. The number of sulfonamides is 1. The number of nitrogens with zero attached hydrogens (tertiary/aromatic N) is 4. The molecule has 3 rings (SSSR count). The van der Waals surface area contributed by atoms with Crippen molar-refractivity contribution in [3.8, 4) is 11.7 Å². The largest absolute Gasteiger partial charge is 0.495 e. The molecule has 0 aliphatic carbocycles. The van der Waals surface area contributed by atoms with E-state index in [1.54, 1.807) is 38.4 Å². The zero-order valence-electron chi connectivity index (χ0n) is 19.4. The van der Waals surface area contributed by atoms with E-state index in [4.69, 9.17) is 4.74 Å². The Morgan fingerprint density at radius 3 is 2.36 bits per heavy atom. The van der Waals surface area contributed by atoms with Gasteiger partial charge in [-0.1, -0.05) is 20.8 Å². The Labute approximate surface area is 193 Å². The summed E-state index contributed by atoms with van der Waals surface area (Å²) in [5, 5.41) is 7.37. The number of amides is 1. The van der Waals surface area contributed by atoms with Crippen LogP contribution in [0.3, 0.4) is 0 Å². The quantitative estimate of drug-likeness (QED) is 0.541. The topological polar surface area (TPSA) is 128 Å². The number of carbonyl (C=O) groups excluding carboxylic acids is 1. The second-order valence-corrected chi connectivity index (χ2v) is 10.4. The van der Waals surface area contributed by atoms with Gasteiger partial charge >= 0.3 is 0 Å². The molecule has 1 amide bonds. The summed E-state index contributed by atoms with van der Waals surface area (Å²) in [5.41, 5.74) is 0.576. The van der Waals surface area contributed by atoms with Gasteiger partial charge in [0, 0.05) is 35.5 Å². The van der Waals surface area contributed by atoms with Gasteiger partial charge in [-0.2, -0.15) is 9.78 Å². The number of methoxy groups -OCH3 is 1. The first-order valence-corrected chi connectivity index (χ1v) is 11.8. The maximum absolute atomic E-state index is 13.1. The molecule has 0 saturated carbocycles. The third-order valence-corrected chi connectivity index (χ3v) is 6.25. The number of carbonyl (C=O) groups is 1. The molecule has 0 atom stereocenters. The van der Waals surface area contributed by atoms with Gasteiger partial charge in [-0.05, 0) is 38.1 Å². The van der Waals surface area contributed by atoms with E-state index in [-0.39, 0.29) is 27.7 Å². The number of aromatic nitrogens is 4. The van der Waals surface area contributed by atoms with Gasteiger partial charge in [0.1, 0.15) is 16.5 Å². The second-order valence-electron chi connectivity index (χ2n) is 8.72. The molecule has 0 aliphatic heterocycles. The molecule has 2 aromatic heterocycles. The summed E-state index contributed by atoms with van der Waals surface area (Å²) >= 11 is 0. The zero-order chi connectivity index (χ0) is 24.4. The Bertz CT molecular complexity index is 1250. The van der Waals surface area contributed by atoms with Gasteiger partial charge in [0.2, 0.25) is 10.0 Å². The fraction of sp³-hybridized carbons (Fsp3) is 0.364. The van der Waals surface area contributed by atoms with Crippen molar-refractivity contribution >= 4 is 21.7 Å². The molecule has 0 unspecified atom stereocenters. The van der Waals surface area contributed by atoms with Crippen LogP contribution in [-0.2, 0) is 15.4 Å². The highest BCUT2D eigenvalue weighted by molar-refractivity contribution is 7.89. The van der Waals surface area contributed by atoms with Crippen molar-refractivity contribution in [3.05, 3.63) is 54.0 Å². The molecule has 10 nitrogen and oxygen atoms in total. The predicted octanol–water partition coefficient (Wildman–Crippen LogP) is 2.91. The summed E-state index contributed by atoms with van der Waals surface area (Å²) in [5.74, 6) is 0.271. The van der Waals surface area contributed by atoms with Crippen molar-refractivity contribution < 1.29 is 17.9 Å². The van der Waals surface area contributed by atoms with E-state index in [1.807, 2.05) is 20.8 Å². The van der Waals surface area contributed by atoms with Crippen molar-refractivity contribution in [1.29, 1.82) is 0 Å². The standard InChI is InChI=1S/C22H28N6O4S/c1-14(2)27-33(30,31)17-12-15(8-9-16(17)32-6)20(29)25-19-13-18(22(3,4)5)26-28(19)21-23-10-7-11-24-21/h7-14,27H,1-6H3,(H,25,29). The molecule has 11 heteroatoms. The molecule has 0 bridgehead atoms. The number of hydrogen-bond acceptors (Lipinski definition) is 7. The van der Waals surface area contributed by atoms with E-state index in [9.17, 15) is 13.2 Å². The Balaban J connectivity index is 2.01. The van der Waals surface area contributed by atoms with Crippen molar-refractivity contribution in [2.75, 3.05) is 12.4 Å². The molecule has 0 saturated heterocycles. The van der Waals surface area contributed by atoms with Crippen LogP contribution < -0.4 is 14.8 Å². The van der Waals surface area contributed by atoms with Crippen molar-refractivity contribution in [2.45, 2.75) is 51.0 Å². The van der Waals surface area contributed by atoms with E-state index < -0.39 is 15.9 Å². The fourth-order valence-electron chi connectivity index (χ4n) is 2.98. The molecule has 2 N–H and O–H groups in total. The highest BCUT2D eigenvalue weighted by Gasteiger charge is 2.25. The minimum Gasteiger partial charge on any atom is -0.495 e. The first-order valence-electron chi connectivity index (χ1n) is 10.3. The highest BCUT2D eigenvalue weighted by atomic mass is 32.2. The molecule has 2 heterocycles. The number of hydrogen-bond donors (Lipinski definition) is 2. The van der Waals surface area contributed by atoms with Crippen LogP contribution in [0, 0.1) is 0 Å². The SMILES string of the molecule is COc1ccc(C(=O)Nc2cc(C(C)(C)C)nn2-c2ncccn2)cc1S(=O)(=O)NC(C)C. The molecule has 0 radical (unpaired) electrons. The molecule has 3 aromatic rings. The van der Waals surface area contributed by atoms with Crippen LogP contribution in [0.2, 0.25) is 0 Å². The maximum atomic E-state index is 13.1. The van der Waals surface area contributed by atoms with Gasteiger partial charge in [-0.25, -0.2) is 23.1 Å². The zero-order valence-corrected chi connectivity index (χ0v) is 20.3. The summed E-state index contributed by atoms with van der Waals surface area (Å²) in [6, 6.07) is 7.32. The number of rotatable bonds is 7. The van der Waals surface area contributed by atoms with Gasteiger partial charge in [0.25, 0.3) is 11.9 Å². The lowest BCUT2D eigenvalue weighted by Crippen LogP contribution is -2.30. The van der Waals surface area contributed by atoms with Crippen LogP contribution in [0.1, 0.15) is 50.7 Å². The molecular weight excluding hydrogens is 444 g/mol. The van der Waals surface area contributed by atoms with Crippen LogP contribution in [0.5, 0.6) is 5.75 Å². The minimum absolute atomic E-state index is 0.123. The van der Waals surface area contributed by atoms with Gasteiger partial charge in [-0.3, -0.25) is 4.79 Å². The van der Waals surface area contributed by atoms with Crippen LogP contribution in [0.4, 0.5) is 5.82 Å². The van der Waals surface area contributed by atoms with Gasteiger partial charge in [-0.15, -0.1) is 0 Å². The Morgan fingerprint density at radius 1 is 1.12 bits per heavy atom. The molecule has 0 aliphatic rings. The Hall–Kier alpha value is -3.31. The summed E-state index contributed by atoms with van der Waals surface area (Å²) in [7, 11) is -2.52. The van der Waals surface area contributed by atoms with E-state index in [1.165, 1.54) is 30.0 Å². The smallest absolute Gasteiger partial charge is 0.256 e. The highest BCUT2D eigenvalue weighted by Crippen LogP contribution is 2.28. The lowest BCUT2D eigenvalue weighted by Gasteiger charge is -2.14. The van der Waals surface area contributed by atoms with Gasteiger partial charge in [0.15, 0.2) is 0 Å². The van der Waals surface area contributed by atoms with E-state index in [0.29, 0.717) is 11.8 Å². The predicted molar refractivity (Wildman–Crippen MR) is 124 cm³/mol. The number of benzene rings is 1. The lowest BCUT2D eigenvalue weighted by molar-refractivity contribution is 0.102. The second kappa shape index (κ2) is 9.28. The molecular formula is C22H28N6O4S. The van der Waals surface area contributed by atoms with Crippen LogP contribution in [0.25, 0.3) is 5.95 Å². The molecule has 0 spiro atoms. The Kier molecular flexibility index (Phi) is 6.84. The summed E-state index contributed by atoms with van der Waals surface area (Å²) in [6.07, 6.45) is 3.16. The normalized spacial score (nSPS) is 12.1. The maximum Gasteiger partial charge on any atom is 0.256 e. The van der Waals surface area contributed by atoms with E-state index >= 15 is 0 Å². The summed E-state index contributed by atoms with van der Waals surface area (Å²) in [4.78, 5) is 21.4. The number of ether oxygens (including phenoxy) is 1. The Morgan fingerprint density at radius 2 is 1.79 bits per heavy atom.